The molecule has 0 saturated heterocycles. The summed E-state index contributed by atoms with van der Waals surface area (Å²) in [7, 11) is 0. The number of hydrogen-bond acceptors (Lipinski definition) is 2. The minimum Gasteiger partial charge on any atom is -0.308 e. The molecule has 18 heavy (non-hydrogen) atoms. The molecule has 4 heteroatoms. The molecule has 0 saturated carbocycles. The van der Waals surface area contributed by atoms with Crippen molar-refractivity contribution in [3.63, 3.8) is 0 Å². The highest BCUT2D eigenvalue weighted by Crippen LogP contribution is 2.28. The first-order valence-electron chi connectivity index (χ1n) is 5.53. The molecule has 94 valence electrons. The Kier molecular flexibility index (Phi) is 4.69. The van der Waals surface area contributed by atoms with Gasteiger partial charge in [-0.15, -0.1) is 11.3 Å². The van der Waals surface area contributed by atoms with Gasteiger partial charge in [-0.2, -0.15) is 0 Å². The summed E-state index contributed by atoms with van der Waals surface area (Å²) >= 11 is 4.84. The number of nitrogens with one attached hydrogen (secondary N) is 1. The zero-order valence-corrected chi connectivity index (χ0v) is 12.2. The first-order chi connectivity index (χ1) is 8.66. The fourth-order valence-corrected chi connectivity index (χ4v) is 2.59. The second-order valence-electron chi connectivity index (χ2n) is 3.91. The van der Waals surface area contributed by atoms with Crippen molar-refractivity contribution in [1.29, 1.82) is 0 Å². The molecule has 0 amide bonds. The highest BCUT2D eigenvalue weighted by Gasteiger charge is 2.07. The van der Waals surface area contributed by atoms with E-state index in [1.807, 2.05) is 23.6 Å². The molecule has 2 rings (SSSR count). The van der Waals surface area contributed by atoms with Crippen LogP contribution in [-0.4, -0.2) is 6.54 Å². The van der Waals surface area contributed by atoms with Crippen LogP contribution in [0.2, 0.25) is 0 Å². The molecular formula is C14H13BrFNS. The number of halogens is 2. The highest BCUT2D eigenvalue weighted by atomic mass is 79.9. The Morgan fingerprint density at radius 3 is 2.89 bits per heavy atom. The maximum absolute atomic E-state index is 13.7. The van der Waals surface area contributed by atoms with Crippen molar-refractivity contribution in [3.8, 4) is 10.4 Å². The number of hydrogen-bond donors (Lipinski definition) is 1. The van der Waals surface area contributed by atoms with E-state index in [9.17, 15) is 4.39 Å². The van der Waals surface area contributed by atoms with Crippen LogP contribution in [0.4, 0.5) is 4.39 Å². The van der Waals surface area contributed by atoms with Crippen molar-refractivity contribution >= 4 is 27.3 Å². The van der Waals surface area contributed by atoms with Crippen LogP contribution in [-0.2, 0) is 6.54 Å². The van der Waals surface area contributed by atoms with E-state index < -0.39 is 0 Å². The zero-order chi connectivity index (χ0) is 13.0. The van der Waals surface area contributed by atoms with Crippen LogP contribution in [0.3, 0.4) is 0 Å². The van der Waals surface area contributed by atoms with Crippen LogP contribution < -0.4 is 5.32 Å². The lowest BCUT2D eigenvalue weighted by molar-refractivity contribution is 0.630. The van der Waals surface area contributed by atoms with Gasteiger partial charge < -0.3 is 5.32 Å². The summed E-state index contributed by atoms with van der Waals surface area (Å²) in [5.74, 6) is -0.175. The lowest BCUT2D eigenvalue weighted by atomic mass is 10.1. The Morgan fingerprint density at radius 1 is 1.39 bits per heavy atom. The van der Waals surface area contributed by atoms with Crippen molar-refractivity contribution in [3.05, 3.63) is 58.2 Å². The Balaban J connectivity index is 2.14. The third-order valence-electron chi connectivity index (χ3n) is 2.46. The average Bonchev–Trinajstić information content (AvgIpc) is 2.84. The first kappa shape index (κ1) is 13.5. The number of thiophene rings is 1. The normalized spacial score (nSPS) is 10.6. The van der Waals surface area contributed by atoms with Crippen LogP contribution in [0, 0.1) is 5.82 Å². The standard InChI is InChI=1S/C14H13BrFNS/c1-10(15)8-17-9-11-4-5-13(16)12(7-11)14-3-2-6-18-14/h2-7,17H,1,8-9H2. The van der Waals surface area contributed by atoms with Crippen LogP contribution in [0.15, 0.2) is 46.8 Å². The van der Waals surface area contributed by atoms with Crippen molar-refractivity contribution in [2.75, 3.05) is 6.54 Å². The molecular weight excluding hydrogens is 313 g/mol. The van der Waals surface area contributed by atoms with E-state index in [1.165, 1.54) is 6.07 Å². The third-order valence-corrected chi connectivity index (χ3v) is 3.65. The van der Waals surface area contributed by atoms with E-state index in [0.717, 1.165) is 14.9 Å². The monoisotopic (exact) mass is 325 g/mol. The average molecular weight is 326 g/mol. The number of rotatable bonds is 5. The van der Waals surface area contributed by atoms with E-state index in [0.29, 0.717) is 18.7 Å². The van der Waals surface area contributed by atoms with Crippen LogP contribution in [0.5, 0.6) is 0 Å². The van der Waals surface area contributed by atoms with E-state index in [-0.39, 0.29) is 5.82 Å². The summed E-state index contributed by atoms with van der Waals surface area (Å²) in [4.78, 5) is 0.958. The van der Waals surface area contributed by atoms with Crippen LogP contribution >= 0.6 is 27.3 Å². The molecule has 0 spiro atoms. The molecule has 0 bridgehead atoms. The third kappa shape index (κ3) is 3.51. The van der Waals surface area contributed by atoms with E-state index in [2.05, 4.69) is 27.8 Å². The van der Waals surface area contributed by atoms with Crippen molar-refractivity contribution < 1.29 is 4.39 Å². The molecule has 0 aliphatic rings. The van der Waals surface area contributed by atoms with Gasteiger partial charge in [0.15, 0.2) is 0 Å². The van der Waals surface area contributed by atoms with Gasteiger partial charge in [-0.3, -0.25) is 0 Å². The van der Waals surface area contributed by atoms with Gasteiger partial charge >= 0.3 is 0 Å². The smallest absolute Gasteiger partial charge is 0.131 e. The van der Waals surface area contributed by atoms with Gasteiger partial charge in [-0.05, 0) is 29.1 Å². The predicted octanol–water partition coefficient (Wildman–Crippen LogP) is 4.55. The fraction of sp³-hybridized carbons (Fsp3) is 0.143. The second-order valence-corrected chi connectivity index (χ2v) is 5.98. The summed E-state index contributed by atoms with van der Waals surface area (Å²) < 4.78 is 14.7. The minimum atomic E-state index is -0.175. The van der Waals surface area contributed by atoms with Gasteiger partial charge in [0.25, 0.3) is 0 Å². The molecule has 2 aromatic rings. The maximum atomic E-state index is 13.7. The Labute approximate surface area is 118 Å². The van der Waals surface area contributed by atoms with Gasteiger partial charge in [0, 0.05) is 28.0 Å². The zero-order valence-electron chi connectivity index (χ0n) is 9.75. The summed E-state index contributed by atoms with van der Waals surface area (Å²) in [5.41, 5.74) is 1.73. The predicted molar refractivity (Wildman–Crippen MR) is 79.5 cm³/mol. The molecule has 1 N–H and O–H groups in total. The fourth-order valence-electron chi connectivity index (χ4n) is 1.65. The van der Waals surface area contributed by atoms with Crippen LogP contribution in [0.1, 0.15) is 5.56 Å². The van der Waals surface area contributed by atoms with Gasteiger partial charge in [0.1, 0.15) is 5.82 Å². The largest absolute Gasteiger partial charge is 0.308 e. The van der Waals surface area contributed by atoms with Gasteiger partial charge in [0.2, 0.25) is 0 Å². The molecule has 0 atom stereocenters. The Hall–Kier alpha value is -0.970. The first-order valence-corrected chi connectivity index (χ1v) is 7.20. The summed E-state index contributed by atoms with van der Waals surface area (Å²) in [6.07, 6.45) is 0. The van der Waals surface area contributed by atoms with Crippen molar-refractivity contribution in [1.82, 2.24) is 5.32 Å². The molecule has 0 aliphatic carbocycles. The summed E-state index contributed by atoms with van der Waals surface area (Å²) in [6, 6.07) is 9.08. The maximum Gasteiger partial charge on any atom is 0.131 e. The molecule has 1 heterocycles. The molecule has 1 aromatic heterocycles. The SMILES string of the molecule is C=C(Br)CNCc1ccc(F)c(-c2cccs2)c1. The second kappa shape index (κ2) is 6.27. The minimum absolute atomic E-state index is 0.175. The van der Waals surface area contributed by atoms with E-state index >= 15 is 0 Å². The molecule has 1 nitrogen and oxygen atoms in total. The quantitative estimate of drug-likeness (QED) is 0.850. The van der Waals surface area contributed by atoms with Gasteiger partial charge in [-0.1, -0.05) is 34.6 Å². The van der Waals surface area contributed by atoms with Crippen LogP contribution in [0.25, 0.3) is 10.4 Å². The Morgan fingerprint density at radius 2 is 2.22 bits per heavy atom. The van der Waals surface area contributed by atoms with Gasteiger partial charge in [-0.25, -0.2) is 4.39 Å². The van der Waals surface area contributed by atoms with Crippen molar-refractivity contribution in [2.45, 2.75) is 6.54 Å². The lowest BCUT2D eigenvalue weighted by Crippen LogP contribution is -2.14. The Bertz CT molecular complexity index is 537. The molecule has 0 aliphatic heterocycles. The summed E-state index contributed by atoms with van der Waals surface area (Å²) in [6.45, 7) is 5.15. The molecule has 0 fully saturated rings. The molecule has 0 radical (unpaired) electrons. The lowest BCUT2D eigenvalue weighted by Gasteiger charge is -2.07. The van der Waals surface area contributed by atoms with Gasteiger partial charge in [0.05, 0.1) is 0 Å². The summed E-state index contributed by atoms with van der Waals surface area (Å²) in [5, 5.41) is 5.18. The van der Waals surface area contributed by atoms with Crippen molar-refractivity contribution in [2.24, 2.45) is 0 Å². The molecule has 1 aromatic carbocycles. The van der Waals surface area contributed by atoms with E-state index in [1.54, 1.807) is 17.4 Å². The number of benzene rings is 1. The topological polar surface area (TPSA) is 12.0 Å². The highest BCUT2D eigenvalue weighted by molar-refractivity contribution is 9.11. The van der Waals surface area contributed by atoms with E-state index in [4.69, 9.17) is 0 Å². The molecule has 0 unspecified atom stereocenters.